The lowest BCUT2D eigenvalue weighted by Crippen LogP contribution is -2.45. The minimum atomic E-state index is 0.496. The third-order valence-electron chi connectivity index (χ3n) is 4.66. The molecule has 0 aromatic carbocycles. The molecule has 0 N–H and O–H groups in total. The molecule has 2 aliphatic heterocycles. The number of hydrogen-bond donors (Lipinski definition) is 0. The van der Waals surface area contributed by atoms with E-state index < -0.39 is 0 Å². The normalized spacial score (nSPS) is 27.9. The first-order valence-corrected chi connectivity index (χ1v) is 8.43. The third-order valence-corrected chi connectivity index (χ3v) is 5.41. The van der Waals surface area contributed by atoms with Gasteiger partial charge < -0.3 is 14.7 Å². The largest absolute Gasteiger partial charge is 0.346 e. The van der Waals surface area contributed by atoms with E-state index in [-0.39, 0.29) is 0 Å². The van der Waals surface area contributed by atoms with Gasteiger partial charge in [0.2, 0.25) is 5.13 Å². The van der Waals surface area contributed by atoms with E-state index in [0.29, 0.717) is 5.41 Å². The fourth-order valence-corrected chi connectivity index (χ4v) is 4.16. The fourth-order valence-electron chi connectivity index (χ4n) is 3.57. The van der Waals surface area contributed by atoms with Gasteiger partial charge in [0.05, 0.1) is 0 Å². The van der Waals surface area contributed by atoms with Gasteiger partial charge in [-0.15, -0.1) is 10.2 Å². The van der Waals surface area contributed by atoms with Crippen LogP contribution in [0.1, 0.15) is 19.3 Å². The standard InChI is InChI=1S/C14H25N5S/c1-17(2)8-9-18-7-5-14(10-18)4-3-6-19(11-14)13-16-15-12-20-13/h12H,3-11H2,1-2H3. The Labute approximate surface area is 125 Å². The van der Waals surface area contributed by atoms with Crippen LogP contribution in [0.2, 0.25) is 0 Å². The zero-order valence-corrected chi connectivity index (χ0v) is 13.4. The number of anilines is 1. The quantitative estimate of drug-likeness (QED) is 0.839. The molecule has 5 nitrogen and oxygen atoms in total. The van der Waals surface area contributed by atoms with Crippen LogP contribution in [0.15, 0.2) is 5.51 Å². The second-order valence-electron chi connectivity index (χ2n) is 6.58. The minimum Gasteiger partial charge on any atom is -0.346 e. The first-order chi connectivity index (χ1) is 9.67. The molecule has 1 aromatic rings. The summed E-state index contributed by atoms with van der Waals surface area (Å²) in [6.45, 7) is 7.20. The minimum absolute atomic E-state index is 0.496. The molecular weight excluding hydrogens is 270 g/mol. The Morgan fingerprint density at radius 1 is 1.30 bits per heavy atom. The highest BCUT2D eigenvalue weighted by molar-refractivity contribution is 7.13. The molecule has 0 saturated carbocycles. The molecule has 3 rings (SSSR count). The van der Waals surface area contributed by atoms with Crippen molar-refractivity contribution in [1.29, 1.82) is 0 Å². The molecule has 3 heterocycles. The molecule has 1 unspecified atom stereocenters. The first-order valence-electron chi connectivity index (χ1n) is 7.55. The second kappa shape index (κ2) is 5.95. The van der Waals surface area contributed by atoms with Gasteiger partial charge in [-0.25, -0.2) is 0 Å². The van der Waals surface area contributed by atoms with Gasteiger partial charge in [-0.2, -0.15) is 0 Å². The number of rotatable bonds is 4. The van der Waals surface area contributed by atoms with Crippen LogP contribution >= 0.6 is 11.3 Å². The van der Waals surface area contributed by atoms with Crippen LogP contribution in [-0.2, 0) is 0 Å². The Hall–Kier alpha value is -0.720. The SMILES string of the molecule is CN(C)CCN1CCC2(CCCN(c3nncs3)C2)C1. The summed E-state index contributed by atoms with van der Waals surface area (Å²) in [6, 6.07) is 0. The van der Waals surface area contributed by atoms with Crippen molar-refractivity contribution in [1.82, 2.24) is 20.0 Å². The van der Waals surface area contributed by atoms with E-state index in [1.165, 1.54) is 45.4 Å². The maximum atomic E-state index is 4.25. The predicted molar refractivity (Wildman–Crippen MR) is 83.4 cm³/mol. The smallest absolute Gasteiger partial charge is 0.208 e. The topological polar surface area (TPSA) is 35.5 Å². The molecule has 20 heavy (non-hydrogen) atoms. The van der Waals surface area contributed by atoms with E-state index in [0.717, 1.165) is 18.2 Å². The zero-order chi connectivity index (χ0) is 14.0. The Bertz CT molecular complexity index is 421. The maximum absolute atomic E-state index is 4.25. The summed E-state index contributed by atoms with van der Waals surface area (Å²) in [6.07, 6.45) is 4.01. The van der Waals surface area contributed by atoms with E-state index in [1.54, 1.807) is 11.3 Å². The summed E-state index contributed by atoms with van der Waals surface area (Å²) in [7, 11) is 4.31. The molecule has 1 aromatic heterocycles. The van der Waals surface area contributed by atoms with Crippen LogP contribution in [-0.4, -0.2) is 73.4 Å². The lowest BCUT2D eigenvalue weighted by Gasteiger charge is -2.40. The average Bonchev–Trinajstić information content (AvgIpc) is 3.07. The summed E-state index contributed by atoms with van der Waals surface area (Å²) < 4.78 is 0. The molecule has 2 fully saturated rings. The van der Waals surface area contributed by atoms with Crippen molar-refractivity contribution >= 4 is 16.5 Å². The molecule has 6 heteroatoms. The molecular formula is C14H25N5S. The van der Waals surface area contributed by atoms with Gasteiger partial charge in [-0.1, -0.05) is 11.3 Å². The van der Waals surface area contributed by atoms with Crippen molar-refractivity contribution in [2.75, 3.05) is 58.3 Å². The maximum Gasteiger partial charge on any atom is 0.208 e. The second-order valence-corrected chi connectivity index (χ2v) is 7.39. The van der Waals surface area contributed by atoms with E-state index in [1.807, 2.05) is 5.51 Å². The molecule has 2 aliphatic rings. The number of likely N-dealkylation sites (tertiary alicyclic amines) is 1. The summed E-state index contributed by atoms with van der Waals surface area (Å²) in [5.41, 5.74) is 2.34. The van der Waals surface area contributed by atoms with E-state index in [9.17, 15) is 0 Å². The van der Waals surface area contributed by atoms with Crippen LogP contribution in [0.4, 0.5) is 5.13 Å². The van der Waals surface area contributed by atoms with Gasteiger partial charge >= 0.3 is 0 Å². The van der Waals surface area contributed by atoms with Gasteiger partial charge in [-0.3, -0.25) is 0 Å². The van der Waals surface area contributed by atoms with Crippen molar-refractivity contribution < 1.29 is 0 Å². The molecule has 0 amide bonds. The Morgan fingerprint density at radius 3 is 2.95 bits per heavy atom. The number of likely N-dealkylation sites (N-methyl/N-ethyl adjacent to an activating group) is 1. The zero-order valence-electron chi connectivity index (χ0n) is 12.6. The van der Waals surface area contributed by atoms with Crippen molar-refractivity contribution in [2.24, 2.45) is 5.41 Å². The fraction of sp³-hybridized carbons (Fsp3) is 0.857. The molecule has 1 spiro atoms. The van der Waals surface area contributed by atoms with Crippen LogP contribution in [0.25, 0.3) is 0 Å². The van der Waals surface area contributed by atoms with E-state index in [4.69, 9.17) is 0 Å². The van der Waals surface area contributed by atoms with Crippen LogP contribution in [0.3, 0.4) is 0 Å². The molecule has 2 saturated heterocycles. The van der Waals surface area contributed by atoms with Gasteiger partial charge in [0.1, 0.15) is 5.51 Å². The van der Waals surface area contributed by atoms with Gasteiger partial charge in [0, 0.05) is 38.1 Å². The number of piperidine rings is 1. The van der Waals surface area contributed by atoms with Crippen molar-refractivity contribution in [3.8, 4) is 0 Å². The monoisotopic (exact) mass is 295 g/mol. The van der Waals surface area contributed by atoms with E-state index >= 15 is 0 Å². The lowest BCUT2D eigenvalue weighted by molar-refractivity contribution is 0.210. The summed E-state index contributed by atoms with van der Waals surface area (Å²) in [4.78, 5) is 7.37. The van der Waals surface area contributed by atoms with Gasteiger partial charge in [0.15, 0.2) is 0 Å². The lowest BCUT2D eigenvalue weighted by atomic mass is 9.79. The highest BCUT2D eigenvalue weighted by Crippen LogP contribution is 2.40. The Morgan fingerprint density at radius 2 is 2.20 bits per heavy atom. The molecule has 1 atom stereocenters. The van der Waals surface area contributed by atoms with Gasteiger partial charge in [-0.05, 0) is 39.9 Å². The Balaban J connectivity index is 1.59. The average molecular weight is 295 g/mol. The first kappa shape index (κ1) is 14.2. The molecule has 0 radical (unpaired) electrons. The van der Waals surface area contributed by atoms with Crippen molar-refractivity contribution in [2.45, 2.75) is 19.3 Å². The van der Waals surface area contributed by atoms with E-state index in [2.05, 4.69) is 39.0 Å². The summed E-state index contributed by atoms with van der Waals surface area (Å²) in [5, 5.41) is 9.34. The molecule has 112 valence electrons. The Kier molecular flexibility index (Phi) is 4.23. The van der Waals surface area contributed by atoms with Crippen molar-refractivity contribution in [3.63, 3.8) is 0 Å². The van der Waals surface area contributed by atoms with Crippen LogP contribution in [0.5, 0.6) is 0 Å². The van der Waals surface area contributed by atoms with Crippen LogP contribution < -0.4 is 4.90 Å². The summed E-state index contributed by atoms with van der Waals surface area (Å²) >= 11 is 1.67. The predicted octanol–water partition coefficient (Wildman–Crippen LogP) is 1.39. The number of aromatic nitrogens is 2. The van der Waals surface area contributed by atoms with Crippen molar-refractivity contribution in [3.05, 3.63) is 5.51 Å². The number of hydrogen-bond acceptors (Lipinski definition) is 6. The number of nitrogens with zero attached hydrogens (tertiary/aromatic N) is 5. The molecule has 0 bridgehead atoms. The van der Waals surface area contributed by atoms with Gasteiger partial charge in [0.25, 0.3) is 0 Å². The molecule has 0 aliphatic carbocycles. The van der Waals surface area contributed by atoms with Crippen LogP contribution in [0, 0.1) is 5.41 Å². The summed E-state index contributed by atoms with van der Waals surface area (Å²) in [5.74, 6) is 0. The highest BCUT2D eigenvalue weighted by atomic mass is 32.1. The third kappa shape index (κ3) is 3.13. The highest BCUT2D eigenvalue weighted by Gasteiger charge is 2.41.